The van der Waals surface area contributed by atoms with Crippen LogP contribution >= 0.6 is 0 Å². The molecule has 2 heterocycles. The van der Waals surface area contributed by atoms with Gasteiger partial charge in [-0.2, -0.15) is 0 Å². The second kappa shape index (κ2) is 5.27. The van der Waals surface area contributed by atoms with Gasteiger partial charge >= 0.3 is 5.97 Å². The fraction of sp³-hybridized carbons (Fsp3) is 0.571. The van der Waals surface area contributed by atoms with Gasteiger partial charge in [0.25, 0.3) is 0 Å². The van der Waals surface area contributed by atoms with Crippen molar-refractivity contribution in [2.45, 2.75) is 38.0 Å². The van der Waals surface area contributed by atoms with E-state index >= 15 is 0 Å². The van der Waals surface area contributed by atoms with Gasteiger partial charge in [-0.15, -0.1) is 0 Å². The van der Waals surface area contributed by atoms with E-state index in [-0.39, 0.29) is 5.69 Å². The number of rotatable bonds is 3. The molecule has 5 heteroatoms. The zero-order chi connectivity index (χ0) is 13.2. The number of carboxylic acid groups (broad SMARTS) is 1. The molecule has 102 valence electrons. The van der Waals surface area contributed by atoms with Crippen molar-refractivity contribution >= 4 is 5.97 Å². The minimum atomic E-state index is -0.970. The standard InChI is InChI=1S/C14H18N2O3/c17-14(18)11-8-10(4-5-15-11)9-16-6-7-19-13-3-1-2-12(13)16/h4-5,8,12-13H,1-3,6-7,9H2,(H,17,18). The van der Waals surface area contributed by atoms with Gasteiger partial charge in [0.05, 0.1) is 12.7 Å². The van der Waals surface area contributed by atoms with Crippen LogP contribution in [0.3, 0.4) is 0 Å². The largest absolute Gasteiger partial charge is 0.477 e. The molecule has 19 heavy (non-hydrogen) atoms. The number of nitrogens with zero attached hydrogens (tertiary/aromatic N) is 2. The van der Waals surface area contributed by atoms with Crippen LogP contribution in [0, 0.1) is 0 Å². The van der Waals surface area contributed by atoms with Gasteiger partial charge in [-0.1, -0.05) is 0 Å². The van der Waals surface area contributed by atoms with Gasteiger partial charge in [0.1, 0.15) is 5.69 Å². The Morgan fingerprint density at radius 3 is 3.26 bits per heavy atom. The lowest BCUT2D eigenvalue weighted by atomic mass is 10.1. The van der Waals surface area contributed by atoms with Crippen LogP contribution in [0.2, 0.25) is 0 Å². The van der Waals surface area contributed by atoms with E-state index in [9.17, 15) is 4.79 Å². The third kappa shape index (κ3) is 2.62. The third-order valence-corrected chi connectivity index (χ3v) is 4.03. The van der Waals surface area contributed by atoms with E-state index in [1.165, 1.54) is 12.8 Å². The van der Waals surface area contributed by atoms with Crippen molar-refractivity contribution < 1.29 is 14.6 Å². The van der Waals surface area contributed by atoms with Crippen LogP contribution in [-0.2, 0) is 11.3 Å². The quantitative estimate of drug-likeness (QED) is 0.895. The molecule has 3 rings (SSSR count). The van der Waals surface area contributed by atoms with Gasteiger partial charge < -0.3 is 9.84 Å². The fourth-order valence-electron chi connectivity index (χ4n) is 3.13. The number of pyridine rings is 1. The summed E-state index contributed by atoms with van der Waals surface area (Å²) in [6, 6.07) is 4.06. The molecule has 0 bridgehead atoms. The number of carbonyl (C=O) groups is 1. The Hall–Kier alpha value is -1.46. The Balaban J connectivity index is 1.73. The average Bonchev–Trinajstić information content (AvgIpc) is 2.88. The van der Waals surface area contributed by atoms with Crippen molar-refractivity contribution in [3.8, 4) is 0 Å². The van der Waals surface area contributed by atoms with E-state index in [1.54, 1.807) is 12.3 Å². The predicted octanol–water partition coefficient (Wildman–Crippen LogP) is 1.53. The van der Waals surface area contributed by atoms with Crippen molar-refractivity contribution in [1.29, 1.82) is 0 Å². The highest BCUT2D eigenvalue weighted by molar-refractivity contribution is 5.85. The normalized spacial score (nSPS) is 27.2. The first-order valence-electron chi connectivity index (χ1n) is 6.78. The summed E-state index contributed by atoms with van der Waals surface area (Å²) in [6.07, 6.45) is 5.50. The second-order valence-corrected chi connectivity index (χ2v) is 5.23. The minimum absolute atomic E-state index is 0.119. The van der Waals surface area contributed by atoms with E-state index in [2.05, 4.69) is 9.88 Å². The highest BCUT2D eigenvalue weighted by atomic mass is 16.5. The zero-order valence-corrected chi connectivity index (χ0v) is 10.8. The number of carboxylic acids is 1. The molecule has 1 aromatic rings. The lowest BCUT2D eigenvalue weighted by molar-refractivity contribution is -0.0588. The molecule has 1 saturated heterocycles. The Bertz CT molecular complexity index is 478. The molecule has 0 radical (unpaired) electrons. The first-order chi connectivity index (χ1) is 9.24. The summed E-state index contributed by atoms with van der Waals surface area (Å²) in [6.45, 7) is 2.48. The Labute approximate surface area is 112 Å². The number of hydrogen-bond acceptors (Lipinski definition) is 4. The first-order valence-corrected chi connectivity index (χ1v) is 6.78. The molecule has 2 atom stereocenters. The van der Waals surface area contributed by atoms with Gasteiger partial charge in [0, 0.05) is 25.3 Å². The second-order valence-electron chi connectivity index (χ2n) is 5.23. The molecule has 2 unspecified atom stereocenters. The highest BCUT2D eigenvalue weighted by Crippen LogP contribution is 2.30. The first kappa shape index (κ1) is 12.6. The van der Waals surface area contributed by atoms with E-state index in [1.807, 2.05) is 6.07 Å². The lowest BCUT2D eigenvalue weighted by Crippen LogP contribution is -2.47. The topological polar surface area (TPSA) is 62.7 Å². The molecule has 5 nitrogen and oxygen atoms in total. The van der Waals surface area contributed by atoms with Gasteiger partial charge in [0.2, 0.25) is 0 Å². The van der Waals surface area contributed by atoms with Gasteiger partial charge in [-0.3, -0.25) is 4.90 Å². The van der Waals surface area contributed by atoms with E-state index in [0.29, 0.717) is 12.1 Å². The van der Waals surface area contributed by atoms with Crippen LogP contribution in [0.5, 0.6) is 0 Å². The van der Waals surface area contributed by atoms with Gasteiger partial charge in [-0.25, -0.2) is 9.78 Å². The molecule has 0 aromatic carbocycles. The maximum atomic E-state index is 10.9. The number of fused-ring (bicyclic) bond motifs is 1. The highest BCUT2D eigenvalue weighted by Gasteiger charge is 2.35. The van der Waals surface area contributed by atoms with Crippen LogP contribution in [0.4, 0.5) is 0 Å². The van der Waals surface area contributed by atoms with Crippen molar-refractivity contribution in [3.63, 3.8) is 0 Å². The molecule has 2 fully saturated rings. The monoisotopic (exact) mass is 262 g/mol. The number of ether oxygens (including phenoxy) is 1. The zero-order valence-electron chi connectivity index (χ0n) is 10.8. The summed E-state index contributed by atoms with van der Waals surface area (Å²) in [5.41, 5.74) is 1.13. The molecule has 0 spiro atoms. The number of aromatic carboxylic acids is 1. The molecular formula is C14H18N2O3. The summed E-state index contributed by atoms with van der Waals surface area (Å²) in [7, 11) is 0. The third-order valence-electron chi connectivity index (χ3n) is 4.03. The van der Waals surface area contributed by atoms with Crippen LogP contribution in [0.15, 0.2) is 18.3 Å². The van der Waals surface area contributed by atoms with Crippen LogP contribution < -0.4 is 0 Å². The molecule has 2 aliphatic rings. The average molecular weight is 262 g/mol. The maximum Gasteiger partial charge on any atom is 0.354 e. The maximum absolute atomic E-state index is 10.9. The summed E-state index contributed by atoms with van der Waals surface area (Å²) < 4.78 is 5.78. The van der Waals surface area contributed by atoms with Crippen molar-refractivity contribution in [1.82, 2.24) is 9.88 Å². The van der Waals surface area contributed by atoms with Gasteiger partial charge in [0.15, 0.2) is 0 Å². The summed E-state index contributed by atoms with van der Waals surface area (Å²) in [5.74, 6) is -0.970. The Kier molecular flexibility index (Phi) is 3.48. The van der Waals surface area contributed by atoms with E-state index in [4.69, 9.17) is 9.84 Å². The Morgan fingerprint density at radius 2 is 2.42 bits per heavy atom. The van der Waals surface area contributed by atoms with Crippen molar-refractivity contribution in [2.75, 3.05) is 13.2 Å². The molecule has 0 amide bonds. The van der Waals surface area contributed by atoms with E-state index in [0.717, 1.165) is 31.7 Å². The molecule has 1 aliphatic carbocycles. The lowest BCUT2D eigenvalue weighted by Gasteiger charge is -2.37. The number of morpholine rings is 1. The number of hydrogen-bond donors (Lipinski definition) is 1. The summed E-state index contributed by atoms with van der Waals surface area (Å²) >= 11 is 0. The summed E-state index contributed by atoms with van der Waals surface area (Å²) in [4.78, 5) is 17.2. The van der Waals surface area contributed by atoms with Crippen LogP contribution in [0.1, 0.15) is 35.3 Å². The molecule has 1 aliphatic heterocycles. The minimum Gasteiger partial charge on any atom is -0.477 e. The summed E-state index contributed by atoms with van der Waals surface area (Å²) in [5, 5.41) is 8.97. The SMILES string of the molecule is O=C(O)c1cc(CN2CCOC3CCCC32)ccn1. The smallest absolute Gasteiger partial charge is 0.354 e. The molecule has 1 N–H and O–H groups in total. The van der Waals surface area contributed by atoms with Crippen LogP contribution in [0.25, 0.3) is 0 Å². The molecular weight excluding hydrogens is 244 g/mol. The predicted molar refractivity (Wildman–Crippen MR) is 69.0 cm³/mol. The van der Waals surface area contributed by atoms with Crippen LogP contribution in [-0.4, -0.2) is 46.3 Å². The van der Waals surface area contributed by atoms with Crippen molar-refractivity contribution in [3.05, 3.63) is 29.6 Å². The fourth-order valence-corrected chi connectivity index (χ4v) is 3.13. The Morgan fingerprint density at radius 1 is 1.53 bits per heavy atom. The molecule has 1 saturated carbocycles. The molecule has 1 aromatic heterocycles. The van der Waals surface area contributed by atoms with Gasteiger partial charge in [-0.05, 0) is 37.0 Å². The van der Waals surface area contributed by atoms with E-state index < -0.39 is 5.97 Å². The van der Waals surface area contributed by atoms with Crippen molar-refractivity contribution in [2.24, 2.45) is 0 Å². The number of aromatic nitrogens is 1.